The molecule has 6 aromatic carbocycles. The van der Waals surface area contributed by atoms with E-state index in [1.807, 2.05) is 72.8 Å². The Morgan fingerprint density at radius 3 is 2.31 bits per heavy atom. The third kappa shape index (κ3) is 3.57. The number of hydrogen-bond donors (Lipinski definition) is 0. The van der Waals surface area contributed by atoms with E-state index in [9.17, 15) is 2.74 Å². The normalized spacial score (nSPS) is 15.1. The zero-order valence-electron chi connectivity index (χ0n) is 33.0. The van der Waals surface area contributed by atoms with Gasteiger partial charge in [0.2, 0.25) is 5.95 Å². The molecule has 0 spiro atoms. The van der Waals surface area contributed by atoms with Gasteiger partial charge in [0.05, 0.1) is 30.3 Å². The van der Waals surface area contributed by atoms with Crippen LogP contribution in [0.25, 0.3) is 92.6 Å². The van der Waals surface area contributed by atoms with Crippen LogP contribution in [0.1, 0.15) is 13.7 Å². The van der Waals surface area contributed by atoms with E-state index in [-0.39, 0.29) is 83.7 Å². The van der Waals surface area contributed by atoms with Crippen molar-refractivity contribution in [2.75, 3.05) is 0 Å². The lowest BCUT2D eigenvalue weighted by atomic mass is 10.1. The molecule has 0 aliphatic heterocycles. The van der Waals surface area contributed by atoms with Gasteiger partial charge in [-0.15, -0.1) is 11.3 Å². The molecule has 0 aliphatic carbocycles. The quantitative estimate of drug-likeness (QED) is 0.201. The summed E-state index contributed by atoms with van der Waals surface area (Å²) in [5, 5.41) is 1.93. The predicted molar refractivity (Wildman–Crippen MR) is 185 cm³/mol. The molecule has 4 heterocycles. The Bertz CT molecular complexity index is 3340. The van der Waals surface area contributed by atoms with Gasteiger partial charge >= 0.3 is 0 Å². The van der Waals surface area contributed by atoms with Crippen molar-refractivity contribution in [3.05, 3.63) is 133 Å². The van der Waals surface area contributed by atoms with Gasteiger partial charge < -0.3 is 4.42 Å². The number of thiophene rings is 1. The van der Waals surface area contributed by atoms with Crippen LogP contribution in [0.5, 0.6) is 0 Å². The molecule has 45 heavy (non-hydrogen) atoms. The van der Waals surface area contributed by atoms with E-state index in [0.29, 0.717) is 22.3 Å². The monoisotopic (exact) mass is 604 g/mol. The average molecular weight is 605 g/mol. The lowest BCUT2D eigenvalue weighted by Gasteiger charge is -2.11. The van der Waals surface area contributed by atoms with Crippen LogP contribution < -0.4 is 0 Å². The van der Waals surface area contributed by atoms with Gasteiger partial charge in [0.25, 0.3) is 0 Å². The number of para-hydroxylation sites is 3. The summed E-state index contributed by atoms with van der Waals surface area (Å²) in [6.07, 6.45) is 0. The summed E-state index contributed by atoms with van der Waals surface area (Å²) in [6.45, 7) is 0. The van der Waals surface area contributed by atoms with E-state index in [0.717, 1.165) is 22.1 Å². The standard InChI is InChI=1S/C39H22N4OS/c1-2-11-23(12-3-1)37-40-38(29-17-10-16-27-25-14-5-8-19-31(25)44-36(27)29)42-39(41-37)43-30-18-7-4-13-24(30)26-21-22-33-34(35(26)43)28-15-6-9-20-32(28)45-33/h1-22H/i4D,6D,7D,9D,13D,15D,18D,20D,21D,22D. The summed E-state index contributed by atoms with van der Waals surface area (Å²) in [7, 11) is 0. The molecule has 0 saturated carbocycles. The maximum atomic E-state index is 9.30. The first-order chi connectivity index (χ1) is 26.5. The molecule has 0 unspecified atom stereocenters. The molecule has 0 atom stereocenters. The second kappa shape index (κ2) is 9.32. The highest BCUT2D eigenvalue weighted by Gasteiger charge is 2.22. The van der Waals surface area contributed by atoms with E-state index in [1.165, 1.54) is 4.57 Å². The molecule has 6 heteroatoms. The number of furan rings is 1. The second-order valence-corrected chi connectivity index (χ2v) is 11.5. The molecular formula is C39H22N4OS. The first-order valence-electron chi connectivity index (χ1n) is 19.1. The lowest BCUT2D eigenvalue weighted by Crippen LogP contribution is -2.06. The molecule has 0 N–H and O–H groups in total. The maximum Gasteiger partial charge on any atom is 0.238 e. The fraction of sp³-hybridized carbons (Fsp3) is 0. The average Bonchev–Trinajstić information content (AvgIpc) is 3.90. The minimum atomic E-state index is -0.544. The van der Waals surface area contributed by atoms with Crippen molar-refractivity contribution in [1.82, 2.24) is 19.5 Å². The van der Waals surface area contributed by atoms with Crippen LogP contribution in [0, 0.1) is 0 Å². The largest absolute Gasteiger partial charge is 0.455 e. The van der Waals surface area contributed by atoms with E-state index in [4.69, 9.17) is 30.3 Å². The number of rotatable bonds is 3. The Balaban J connectivity index is 1.45. The second-order valence-electron chi connectivity index (χ2n) is 10.5. The Morgan fingerprint density at radius 1 is 0.600 bits per heavy atom. The fourth-order valence-electron chi connectivity index (χ4n) is 6.03. The van der Waals surface area contributed by atoms with Crippen molar-refractivity contribution in [1.29, 1.82) is 0 Å². The Hall–Kier alpha value is -5.85. The summed E-state index contributed by atoms with van der Waals surface area (Å²) in [4.78, 5) is 14.8. The van der Waals surface area contributed by atoms with Crippen LogP contribution in [0.2, 0.25) is 0 Å². The summed E-state index contributed by atoms with van der Waals surface area (Å²) in [5.74, 6) is 0.322. The number of benzene rings is 6. The van der Waals surface area contributed by atoms with Crippen LogP contribution in [-0.2, 0) is 0 Å². The lowest BCUT2D eigenvalue weighted by molar-refractivity contribution is 0.669. The minimum Gasteiger partial charge on any atom is -0.455 e. The smallest absolute Gasteiger partial charge is 0.238 e. The van der Waals surface area contributed by atoms with Gasteiger partial charge in [0.15, 0.2) is 11.6 Å². The van der Waals surface area contributed by atoms with Crippen LogP contribution in [-0.4, -0.2) is 19.5 Å². The fourth-order valence-corrected chi connectivity index (χ4v) is 7.00. The van der Waals surface area contributed by atoms with Crippen molar-refractivity contribution >= 4 is 75.3 Å². The molecule has 10 aromatic rings. The van der Waals surface area contributed by atoms with Gasteiger partial charge in [0, 0.05) is 47.3 Å². The Morgan fingerprint density at radius 2 is 1.38 bits per heavy atom. The summed E-state index contributed by atoms with van der Waals surface area (Å²) < 4.78 is 96.9. The third-order valence-corrected chi connectivity index (χ3v) is 9.00. The van der Waals surface area contributed by atoms with Crippen molar-refractivity contribution in [3.63, 3.8) is 0 Å². The highest BCUT2D eigenvalue weighted by Crippen LogP contribution is 2.43. The number of nitrogens with zero attached hydrogens (tertiary/aromatic N) is 4. The Labute approximate surface area is 274 Å². The predicted octanol–water partition coefficient (Wildman–Crippen LogP) is 10.6. The van der Waals surface area contributed by atoms with E-state index >= 15 is 0 Å². The molecule has 0 bridgehead atoms. The van der Waals surface area contributed by atoms with Crippen molar-refractivity contribution in [2.24, 2.45) is 0 Å². The van der Waals surface area contributed by atoms with Crippen LogP contribution >= 0.6 is 11.3 Å². The molecule has 0 radical (unpaired) electrons. The SMILES string of the molecule is [2H]c1c([2H])c([2H])c2c(sc3c([2H])c([2H])c4c5c([2H])c([2H])c([2H])c([2H])c5n(-c5nc(-c6ccccc6)nc(-c6cccc7c6oc6ccccc67)n5)c4c32)c1[2H]. The number of hydrogen-bond acceptors (Lipinski definition) is 5. The summed E-state index contributed by atoms with van der Waals surface area (Å²) in [5.41, 5.74) is 2.34. The van der Waals surface area contributed by atoms with Gasteiger partial charge in [0.1, 0.15) is 11.2 Å². The molecular weight excluding hydrogens is 573 g/mol. The van der Waals surface area contributed by atoms with Gasteiger partial charge in [-0.1, -0.05) is 103 Å². The molecule has 0 amide bonds. The molecule has 0 aliphatic rings. The van der Waals surface area contributed by atoms with Gasteiger partial charge in [-0.3, -0.25) is 4.57 Å². The molecule has 0 fully saturated rings. The van der Waals surface area contributed by atoms with Crippen LogP contribution in [0.4, 0.5) is 0 Å². The highest BCUT2D eigenvalue weighted by molar-refractivity contribution is 7.26. The molecule has 10 rings (SSSR count). The highest BCUT2D eigenvalue weighted by atomic mass is 32.1. The first-order valence-corrected chi connectivity index (χ1v) is 14.9. The van der Waals surface area contributed by atoms with Crippen LogP contribution in [0.15, 0.2) is 138 Å². The maximum absolute atomic E-state index is 9.30. The van der Waals surface area contributed by atoms with E-state index in [1.54, 1.807) is 0 Å². The van der Waals surface area contributed by atoms with Crippen molar-refractivity contribution < 1.29 is 18.1 Å². The molecule has 0 saturated heterocycles. The van der Waals surface area contributed by atoms with E-state index < -0.39 is 36.3 Å². The summed E-state index contributed by atoms with van der Waals surface area (Å²) >= 11 is 0.948. The Kier molecular flexibility index (Phi) is 3.49. The first kappa shape index (κ1) is 16.9. The zero-order valence-corrected chi connectivity index (χ0v) is 23.9. The van der Waals surface area contributed by atoms with Crippen molar-refractivity contribution in [2.45, 2.75) is 0 Å². The van der Waals surface area contributed by atoms with Gasteiger partial charge in [-0.2, -0.15) is 9.97 Å². The van der Waals surface area contributed by atoms with E-state index in [2.05, 4.69) is 0 Å². The molecule has 210 valence electrons. The van der Waals surface area contributed by atoms with Gasteiger partial charge in [-0.05, 0) is 30.3 Å². The summed E-state index contributed by atoms with van der Waals surface area (Å²) in [6, 6.07) is 18.1. The van der Waals surface area contributed by atoms with Crippen LogP contribution in [0.3, 0.4) is 0 Å². The molecule has 5 nitrogen and oxygen atoms in total. The zero-order chi connectivity index (χ0) is 38.2. The van der Waals surface area contributed by atoms with Crippen molar-refractivity contribution in [3.8, 4) is 28.7 Å². The third-order valence-electron chi connectivity index (χ3n) is 7.97. The molecule has 4 aromatic heterocycles. The van der Waals surface area contributed by atoms with Gasteiger partial charge in [-0.25, -0.2) is 4.98 Å². The number of fused-ring (bicyclic) bond motifs is 10. The number of aromatic nitrogens is 4. The minimum absolute atomic E-state index is 0.00535. The topological polar surface area (TPSA) is 56.7 Å².